The van der Waals surface area contributed by atoms with Crippen molar-refractivity contribution in [2.45, 2.75) is 12.5 Å². The summed E-state index contributed by atoms with van der Waals surface area (Å²) in [6.45, 7) is 0.860. The van der Waals surface area contributed by atoms with E-state index in [1.807, 2.05) is 0 Å². The van der Waals surface area contributed by atoms with Gasteiger partial charge in [-0.25, -0.2) is 4.79 Å². The van der Waals surface area contributed by atoms with Gasteiger partial charge in [-0.05, 0) is 18.1 Å². The molecule has 0 radical (unpaired) electrons. The highest BCUT2D eigenvalue weighted by Crippen LogP contribution is 2.28. The van der Waals surface area contributed by atoms with Crippen LogP contribution < -0.4 is 11.2 Å². The molecule has 9 heteroatoms. The van der Waals surface area contributed by atoms with Crippen LogP contribution in [0.4, 0.5) is 4.79 Å². The smallest absolute Gasteiger partial charge is 0.325 e. The molecule has 1 aliphatic heterocycles. The number of rotatable bonds is 4. The van der Waals surface area contributed by atoms with Crippen LogP contribution in [0.25, 0.3) is 0 Å². The molecule has 22 heavy (non-hydrogen) atoms. The van der Waals surface area contributed by atoms with Gasteiger partial charge in [0.2, 0.25) is 0 Å². The summed E-state index contributed by atoms with van der Waals surface area (Å²) in [5.41, 5.74) is -0.00260. The third-order valence-corrected chi connectivity index (χ3v) is 3.28. The number of carbonyl (C=O) groups excluding carboxylic acids is 2. The van der Waals surface area contributed by atoms with Crippen LogP contribution in [0.1, 0.15) is 18.1 Å². The van der Waals surface area contributed by atoms with Gasteiger partial charge >= 0.3 is 12.0 Å². The minimum absolute atomic E-state index is 0. The van der Waals surface area contributed by atoms with Gasteiger partial charge in [-0.1, -0.05) is 24.3 Å². The molecule has 1 aromatic carbocycles. The van der Waals surface area contributed by atoms with E-state index in [0.717, 1.165) is 5.56 Å². The summed E-state index contributed by atoms with van der Waals surface area (Å²) < 4.78 is 0. The van der Waals surface area contributed by atoms with Crippen molar-refractivity contribution in [2.24, 2.45) is 10.9 Å². The SMILES string of the molecule is C[C@]1(c2ccc(C=NN)cc2)NC(=O)N(CC(=O)O)C1=O.Cl. The van der Waals surface area contributed by atoms with Crippen LogP contribution in [0, 0.1) is 0 Å². The predicted octanol–water partition coefficient (Wildman–Crippen LogP) is 0.253. The second-order valence-corrected chi connectivity index (χ2v) is 4.74. The Kier molecular flexibility index (Phi) is 5.10. The summed E-state index contributed by atoms with van der Waals surface area (Å²) in [6.07, 6.45) is 1.44. The van der Waals surface area contributed by atoms with Crippen molar-refractivity contribution >= 4 is 36.5 Å². The Bertz CT molecular complexity index is 631. The van der Waals surface area contributed by atoms with Crippen LogP contribution >= 0.6 is 12.4 Å². The van der Waals surface area contributed by atoms with Gasteiger partial charge in [0.1, 0.15) is 12.1 Å². The number of imide groups is 1. The molecule has 2 rings (SSSR count). The fraction of sp³-hybridized carbons (Fsp3) is 0.231. The molecular weight excluding hydrogens is 312 g/mol. The first-order valence-corrected chi connectivity index (χ1v) is 6.08. The van der Waals surface area contributed by atoms with Gasteiger partial charge in [0.15, 0.2) is 0 Å². The quantitative estimate of drug-likeness (QED) is 0.316. The maximum absolute atomic E-state index is 12.3. The van der Waals surface area contributed by atoms with Gasteiger partial charge in [-0.2, -0.15) is 5.10 Å². The van der Waals surface area contributed by atoms with Crippen LogP contribution in [0.3, 0.4) is 0 Å². The van der Waals surface area contributed by atoms with E-state index in [1.165, 1.54) is 13.1 Å². The molecule has 8 nitrogen and oxygen atoms in total. The Balaban J connectivity index is 0.00000242. The van der Waals surface area contributed by atoms with Crippen LogP contribution in [0.5, 0.6) is 0 Å². The van der Waals surface area contributed by atoms with Crippen molar-refractivity contribution in [1.29, 1.82) is 0 Å². The lowest BCUT2D eigenvalue weighted by atomic mass is 9.91. The van der Waals surface area contributed by atoms with Crippen LogP contribution in [0.15, 0.2) is 29.4 Å². The molecule has 1 aliphatic rings. The van der Waals surface area contributed by atoms with E-state index in [4.69, 9.17) is 10.9 Å². The molecule has 1 heterocycles. The van der Waals surface area contributed by atoms with Crippen molar-refractivity contribution < 1.29 is 19.5 Å². The van der Waals surface area contributed by atoms with E-state index in [9.17, 15) is 14.4 Å². The van der Waals surface area contributed by atoms with Crippen LogP contribution in [0.2, 0.25) is 0 Å². The molecule has 1 aromatic rings. The predicted molar refractivity (Wildman–Crippen MR) is 80.7 cm³/mol. The van der Waals surface area contributed by atoms with Gasteiger partial charge < -0.3 is 16.3 Å². The first-order valence-electron chi connectivity index (χ1n) is 6.08. The lowest BCUT2D eigenvalue weighted by Gasteiger charge is -2.22. The Hall–Kier alpha value is -2.61. The number of carbonyl (C=O) groups is 3. The molecule has 0 aromatic heterocycles. The zero-order chi connectivity index (χ0) is 15.6. The molecule has 0 aliphatic carbocycles. The molecule has 118 valence electrons. The molecule has 1 atom stereocenters. The van der Waals surface area contributed by atoms with E-state index < -0.39 is 30.0 Å². The Morgan fingerprint density at radius 1 is 1.41 bits per heavy atom. The maximum atomic E-state index is 12.3. The molecule has 4 N–H and O–H groups in total. The second-order valence-electron chi connectivity index (χ2n) is 4.74. The molecule has 0 bridgehead atoms. The minimum atomic E-state index is -1.29. The molecule has 1 saturated heterocycles. The number of aliphatic carboxylic acids is 1. The van der Waals surface area contributed by atoms with Gasteiger partial charge in [0.05, 0.1) is 6.21 Å². The molecule has 1 fully saturated rings. The molecule has 0 unspecified atom stereocenters. The molecule has 0 spiro atoms. The normalized spacial score (nSPS) is 20.9. The number of hydrazone groups is 1. The van der Waals surface area contributed by atoms with Crippen LogP contribution in [-0.4, -0.2) is 40.7 Å². The third kappa shape index (κ3) is 3.01. The lowest BCUT2D eigenvalue weighted by Crippen LogP contribution is -2.41. The van der Waals surface area contributed by atoms with E-state index >= 15 is 0 Å². The lowest BCUT2D eigenvalue weighted by molar-refractivity contribution is -0.142. The third-order valence-electron chi connectivity index (χ3n) is 3.28. The number of benzene rings is 1. The summed E-state index contributed by atoms with van der Waals surface area (Å²) in [4.78, 5) is 35.5. The average Bonchev–Trinajstić information content (AvgIpc) is 2.64. The number of urea groups is 1. The zero-order valence-corrected chi connectivity index (χ0v) is 12.5. The van der Waals surface area contributed by atoms with Gasteiger partial charge in [0, 0.05) is 0 Å². The summed E-state index contributed by atoms with van der Waals surface area (Å²) in [7, 11) is 0. The number of halogens is 1. The highest BCUT2D eigenvalue weighted by molar-refractivity contribution is 6.08. The number of carboxylic acid groups (broad SMARTS) is 1. The Morgan fingerprint density at radius 2 is 2.00 bits per heavy atom. The summed E-state index contributed by atoms with van der Waals surface area (Å²) in [6, 6.07) is 5.96. The standard InChI is InChI=1S/C13H14N4O4.ClH/c1-13(9-4-2-8(3-5-9)6-15-14)11(20)17(7-10(18)19)12(21)16-13;/h2-6H,7,14H2,1H3,(H,16,21)(H,18,19);1H/t13-;/m1./s1. The highest BCUT2D eigenvalue weighted by Gasteiger charge is 2.49. The fourth-order valence-corrected chi connectivity index (χ4v) is 2.16. The number of nitrogens with two attached hydrogens (primary N) is 1. The minimum Gasteiger partial charge on any atom is -0.480 e. The first kappa shape index (κ1) is 17.4. The monoisotopic (exact) mass is 326 g/mol. The Labute approximate surface area is 132 Å². The molecular formula is C13H15ClN4O4. The molecule has 3 amide bonds. The largest absolute Gasteiger partial charge is 0.480 e. The summed E-state index contributed by atoms with van der Waals surface area (Å²) in [5, 5.41) is 14.7. The number of nitrogens with zero attached hydrogens (tertiary/aromatic N) is 2. The number of carboxylic acids is 1. The number of hydrogen-bond acceptors (Lipinski definition) is 5. The van der Waals surface area contributed by atoms with Gasteiger partial charge in [-0.15, -0.1) is 12.4 Å². The summed E-state index contributed by atoms with van der Waals surface area (Å²) >= 11 is 0. The molecule has 0 saturated carbocycles. The Morgan fingerprint density at radius 3 is 2.50 bits per heavy atom. The first-order chi connectivity index (χ1) is 9.88. The number of nitrogens with one attached hydrogen (secondary N) is 1. The van der Waals surface area contributed by atoms with E-state index in [2.05, 4.69) is 10.4 Å². The van der Waals surface area contributed by atoms with E-state index in [-0.39, 0.29) is 12.4 Å². The topological polar surface area (TPSA) is 125 Å². The van der Waals surface area contributed by atoms with E-state index in [0.29, 0.717) is 10.5 Å². The van der Waals surface area contributed by atoms with Crippen molar-refractivity contribution in [3.63, 3.8) is 0 Å². The van der Waals surface area contributed by atoms with Crippen molar-refractivity contribution in [2.75, 3.05) is 6.54 Å². The fourth-order valence-electron chi connectivity index (χ4n) is 2.16. The van der Waals surface area contributed by atoms with Crippen molar-refractivity contribution in [3.05, 3.63) is 35.4 Å². The average molecular weight is 327 g/mol. The number of hydrogen-bond donors (Lipinski definition) is 3. The van der Waals surface area contributed by atoms with Crippen molar-refractivity contribution in [3.8, 4) is 0 Å². The second kappa shape index (κ2) is 6.44. The van der Waals surface area contributed by atoms with Crippen LogP contribution in [-0.2, 0) is 15.1 Å². The van der Waals surface area contributed by atoms with Crippen molar-refractivity contribution in [1.82, 2.24) is 10.2 Å². The summed E-state index contributed by atoms with van der Waals surface area (Å²) in [5.74, 6) is 3.19. The zero-order valence-electron chi connectivity index (χ0n) is 11.6. The highest BCUT2D eigenvalue weighted by atomic mass is 35.5. The maximum Gasteiger partial charge on any atom is 0.325 e. The van der Waals surface area contributed by atoms with E-state index in [1.54, 1.807) is 24.3 Å². The number of amides is 3. The van der Waals surface area contributed by atoms with Gasteiger partial charge in [-0.3, -0.25) is 14.5 Å². The van der Waals surface area contributed by atoms with Gasteiger partial charge in [0.25, 0.3) is 5.91 Å².